The van der Waals surface area contributed by atoms with Crippen LogP contribution in [0, 0.1) is 5.82 Å². The number of aromatic nitrogens is 4. The van der Waals surface area contributed by atoms with E-state index in [-0.39, 0.29) is 5.82 Å². The van der Waals surface area contributed by atoms with E-state index in [1.54, 1.807) is 12.4 Å². The Hall–Kier alpha value is -2.15. The molecule has 0 saturated carbocycles. The first-order chi connectivity index (χ1) is 11.2. The van der Waals surface area contributed by atoms with Crippen molar-refractivity contribution in [2.75, 3.05) is 25.0 Å². The summed E-state index contributed by atoms with van der Waals surface area (Å²) in [7, 11) is 2.05. The highest BCUT2D eigenvalue weighted by atomic mass is 19.1. The quantitative estimate of drug-likeness (QED) is 0.836. The number of likely N-dealkylation sites (N-methyl/N-ethyl adjacent to an activating group) is 1. The fourth-order valence-electron chi connectivity index (χ4n) is 2.92. The third-order valence-electron chi connectivity index (χ3n) is 4.27. The minimum atomic E-state index is -0.287. The summed E-state index contributed by atoms with van der Waals surface area (Å²) in [4.78, 5) is 20.9. The van der Waals surface area contributed by atoms with Gasteiger partial charge < -0.3 is 4.90 Å². The van der Waals surface area contributed by atoms with Gasteiger partial charge in [0.15, 0.2) is 11.6 Å². The van der Waals surface area contributed by atoms with Crippen molar-refractivity contribution in [3.8, 4) is 0 Å². The van der Waals surface area contributed by atoms with Crippen LogP contribution in [0.25, 0.3) is 0 Å². The molecule has 0 unspecified atom stereocenters. The van der Waals surface area contributed by atoms with Crippen molar-refractivity contribution in [1.82, 2.24) is 24.8 Å². The second-order valence-corrected chi connectivity index (χ2v) is 5.78. The lowest BCUT2D eigenvalue weighted by molar-refractivity contribution is 0.244. The Morgan fingerprint density at radius 1 is 1.26 bits per heavy atom. The SMILES string of the molecule is CCc1ncnc(N2CC[C@H](N(C)Cc3ncccn3)C2)c1F. The van der Waals surface area contributed by atoms with Crippen LogP contribution in [0.5, 0.6) is 0 Å². The van der Waals surface area contributed by atoms with Crippen molar-refractivity contribution in [3.63, 3.8) is 0 Å². The molecule has 2 aromatic heterocycles. The van der Waals surface area contributed by atoms with Crippen molar-refractivity contribution < 1.29 is 4.39 Å². The summed E-state index contributed by atoms with van der Waals surface area (Å²) in [6.07, 6.45) is 6.49. The van der Waals surface area contributed by atoms with E-state index in [0.717, 1.165) is 25.3 Å². The van der Waals surface area contributed by atoms with Crippen molar-refractivity contribution in [1.29, 1.82) is 0 Å². The number of halogens is 1. The van der Waals surface area contributed by atoms with Gasteiger partial charge in [-0.1, -0.05) is 6.92 Å². The highest BCUT2D eigenvalue weighted by Crippen LogP contribution is 2.24. The first kappa shape index (κ1) is 15.7. The van der Waals surface area contributed by atoms with Gasteiger partial charge in [-0.25, -0.2) is 24.3 Å². The van der Waals surface area contributed by atoms with E-state index in [1.165, 1.54) is 6.33 Å². The van der Waals surface area contributed by atoms with Crippen LogP contribution in [-0.2, 0) is 13.0 Å². The summed E-state index contributed by atoms with van der Waals surface area (Å²) >= 11 is 0. The van der Waals surface area contributed by atoms with Gasteiger partial charge in [0, 0.05) is 31.5 Å². The van der Waals surface area contributed by atoms with Gasteiger partial charge in [-0.15, -0.1) is 0 Å². The molecule has 23 heavy (non-hydrogen) atoms. The van der Waals surface area contributed by atoms with E-state index < -0.39 is 0 Å². The molecule has 0 spiro atoms. The molecule has 0 aliphatic carbocycles. The summed E-state index contributed by atoms with van der Waals surface area (Å²) < 4.78 is 14.4. The Kier molecular flexibility index (Phi) is 4.76. The van der Waals surface area contributed by atoms with Crippen LogP contribution in [-0.4, -0.2) is 51.0 Å². The monoisotopic (exact) mass is 316 g/mol. The molecule has 0 bridgehead atoms. The lowest BCUT2D eigenvalue weighted by Gasteiger charge is -2.24. The van der Waals surface area contributed by atoms with Crippen LogP contribution in [0.2, 0.25) is 0 Å². The van der Waals surface area contributed by atoms with Gasteiger partial charge >= 0.3 is 0 Å². The van der Waals surface area contributed by atoms with E-state index in [9.17, 15) is 4.39 Å². The summed E-state index contributed by atoms with van der Waals surface area (Å²) in [6, 6.07) is 2.14. The molecule has 0 aromatic carbocycles. The molecule has 1 saturated heterocycles. The number of rotatable bonds is 5. The topological polar surface area (TPSA) is 58.0 Å². The third-order valence-corrected chi connectivity index (χ3v) is 4.27. The third kappa shape index (κ3) is 3.44. The maximum Gasteiger partial charge on any atom is 0.187 e. The summed E-state index contributed by atoms with van der Waals surface area (Å²) in [5, 5.41) is 0. The van der Waals surface area contributed by atoms with E-state index in [0.29, 0.717) is 30.5 Å². The summed E-state index contributed by atoms with van der Waals surface area (Å²) in [5.41, 5.74) is 0.476. The molecule has 2 aromatic rings. The van der Waals surface area contributed by atoms with Crippen LogP contribution in [0.15, 0.2) is 24.8 Å². The average Bonchev–Trinajstić information content (AvgIpc) is 3.06. The van der Waals surface area contributed by atoms with Crippen LogP contribution in [0.3, 0.4) is 0 Å². The highest BCUT2D eigenvalue weighted by Gasteiger charge is 2.29. The van der Waals surface area contributed by atoms with Crippen molar-refractivity contribution in [2.45, 2.75) is 32.4 Å². The zero-order valence-electron chi connectivity index (χ0n) is 13.5. The zero-order valence-corrected chi connectivity index (χ0v) is 13.5. The van der Waals surface area contributed by atoms with Crippen LogP contribution in [0.4, 0.5) is 10.2 Å². The van der Waals surface area contributed by atoms with Gasteiger partial charge in [-0.2, -0.15) is 0 Å². The van der Waals surface area contributed by atoms with Gasteiger partial charge in [0.25, 0.3) is 0 Å². The molecule has 0 amide bonds. The number of aryl methyl sites for hydroxylation is 1. The maximum atomic E-state index is 14.4. The van der Waals surface area contributed by atoms with Crippen molar-refractivity contribution >= 4 is 5.82 Å². The van der Waals surface area contributed by atoms with E-state index in [2.05, 4.69) is 31.9 Å². The van der Waals surface area contributed by atoms with Gasteiger partial charge in [-0.05, 0) is 26.0 Å². The molecule has 122 valence electrons. The standard InChI is InChI=1S/C16H21FN6/c1-3-13-15(17)16(21-11-20-13)23-8-5-12(9-23)22(2)10-14-18-6-4-7-19-14/h4,6-7,11-12H,3,5,8-10H2,1-2H3/t12-/m0/s1. The molecular formula is C16H21FN6. The summed E-state index contributed by atoms with van der Waals surface area (Å²) in [6.45, 7) is 4.13. The molecule has 1 atom stereocenters. The molecule has 7 heteroatoms. The molecule has 3 rings (SSSR count). The molecule has 3 heterocycles. The molecule has 0 N–H and O–H groups in total. The number of nitrogens with zero attached hydrogens (tertiary/aromatic N) is 6. The van der Waals surface area contributed by atoms with Crippen LogP contribution < -0.4 is 4.90 Å². The number of hydrogen-bond acceptors (Lipinski definition) is 6. The highest BCUT2D eigenvalue weighted by molar-refractivity contribution is 5.42. The second-order valence-electron chi connectivity index (χ2n) is 5.78. The Bertz CT molecular complexity index is 650. The smallest absolute Gasteiger partial charge is 0.187 e. The first-order valence-corrected chi connectivity index (χ1v) is 7.89. The van der Waals surface area contributed by atoms with Gasteiger partial charge in [0.1, 0.15) is 12.2 Å². The normalized spacial score (nSPS) is 17.9. The van der Waals surface area contributed by atoms with Crippen molar-refractivity contribution in [3.05, 3.63) is 42.1 Å². The fraction of sp³-hybridized carbons (Fsp3) is 0.500. The molecule has 6 nitrogen and oxygen atoms in total. The molecular weight excluding hydrogens is 295 g/mol. The van der Waals surface area contributed by atoms with Crippen molar-refractivity contribution in [2.24, 2.45) is 0 Å². The van der Waals surface area contributed by atoms with Gasteiger partial charge in [0.2, 0.25) is 0 Å². The van der Waals surface area contributed by atoms with E-state index in [4.69, 9.17) is 0 Å². The van der Waals surface area contributed by atoms with Gasteiger partial charge in [-0.3, -0.25) is 4.90 Å². The van der Waals surface area contributed by atoms with Crippen LogP contribution in [0.1, 0.15) is 24.9 Å². The zero-order chi connectivity index (χ0) is 16.2. The van der Waals surface area contributed by atoms with E-state index in [1.807, 2.05) is 17.9 Å². The largest absolute Gasteiger partial charge is 0.352 e. The maximum absolute atomic E-state index is 14.4. The lowest BCUT2D eigenvalue weighted by atomic mass is 10.2. The fourth-order valence-corrected chi connectivity index (χ4v) is 2.92. The minimum Gasteiger partial charge on any atom is -0.352 e. The molecule has 1 aliphatic heterocycles. The predicted octanol–water partition coefficient (Wildman–Crippen LogP) is 1.68. The Labute approximate surface area is 135 Å². The second kappa shape index (κ2) is 6.95. The van der Waals surface area contributed by atoms with Gasteiger partial charge in [0.05, 0.1) is 12.2 Å². The Morgan fingerprint density at radius 2 is 2.04 bits per heavy atom. The molecule has 1 fully saturated rings. The Balaban J connectivity index is 1.66. The Morgan fingerprint density at radius 3 is 2.78 bits per heavy atom. The lowest BCUT2D eigenvalue weighted by Crippen LogP contribution is -2.35. The average molecular weight is 316 g/mol. The van der Waals surface area contributed by atoms with E-state index >= 15 is 0 Å². The molecule has 1 aliphatic rings. The summed E-state index contributed by atoms with van der Waals surface area (Å²) in [5.74, 6) is 0.934. The minimum absolute atomic E-state index is 0.287. The predicted molar refractivity (Wildman–Crippen MR) is 85.5 cm³/mol. The first-order valence-electron chi connectivity index (χ1n) is 7.89. The van der Waals surface area contributed by atoms with Crippen LogP contribution >= 0.6 is 0 Å². The number of hydrogen-bond donors (Lipinski definition) is 0. The number of anilines is 1. The molecule has 0 radical (unpaired) electrons.